The summed E-state index contributed by atoms with van der Waals surface area (Å²) in [7, 11) is 0. The third-order valence-corrected chi connectivity index (χ3v) is 3.20. The molecule has 0 spiro atoms. The molecular formula is C17H25IN4O2. The number of oxazole rings is 1. The Hall–Kier alpha value is -1.77. The molecule has 0 radical (unpaired) electrons. The summed E-state index contributed by atoms with van der Waals surface area (Å²) in [5, 5.41) is 6.41. The van der Waals surface area contributed by atoms with Crippen LogP contribution in [0.15, 0.2) is 39.7 Å². The summed E-state index contributed by atoms with van der Waals surface area (Å²) in [6.07, 6.45) is 0. The number of guanidine groups is 1. The summed E-state index contributed by atoms with van der Waals surface area (Å²) in [6, 6.07) is 9.75. The molecule has 0 saturated carbocycles. The highest BCUT2D eigenvalue weighted by Gasteiger charge is 2.05. The highest BCUT2D eigenvalue weighted by Crippen LogP contribution is 2.09. The average Bonchev–Trinajstić information content (AvgIpc) is 2.88. The second-order valence-corrected chi connectivity index (χ2v) is 5.03. The van der Waals surface area contributed by atoms with Crippen LogP contribution in [-0.2, 0) is 6.54 Å². The van der Waals surface area contributed by atoms with Gasteiger partial charge in [0.05, 0.1) is 12.2 Å². The maximum absolute atomic E-state index is 5.64. The van der Waals surface area contributed by atoms with Crippen LogP contribution in [-0.4, -0.2) is 30.6 Å². The van der Waals surface area contributed by atoms with Crippen molar-refractivity contribution in [3.05, 3.63) is 47.7 Å². The van der Waals surface area contributed by atoms with E-state index in [0.29, 0.717) is 25.6 Å². The van der Waals surface area contributed by atoms with Gasteiger partial charge < -0.3 is 19.8 Å². The molecular weight excluding hydrogens is 419 g/mol. The van der Waals surface area contributed by atoms with Gasteiger partial charge in [0.15, 0.2) is 5.96 Å². The number of rotatable bonds is 7. The van der Waals surface area contributed by atoms with Crippen LogP contribution in [0.25, 0.3) is 0 Å². The molecule has 7 heteroatoms. The molecule has 0 fully saturated rings. The Morgan fingerprint density at radius 3 is 2.58 bits per heavy atom. The van der Waals surface area contributed by atoms with E-state index in [4.69, 9.17) is 9.15 Å². The topological polar surface area (TPSA) is 71.7 Å². The Bertz CT molecular complexity index is 609. The van der Waals surface area contributed by atoms with E-state index in [1.165, 1.54) is 0 Å². The number of nitrogens with one attached hydrogen (secondary N) is 2. The third-order valence-electron chi connectivity index (χ3n) is 3.20. The zero-order valence-electron chi connectivity index (χ0n) is 14.3. The van der Waals surface area contributed by atoms with Crippen LogP contribution in [0.5, 0.6) is 5.75 Å². The highest BCUT2D eigenvalue weighted by atomic mass is 127. The van der Waals surface area contributed by atoms with E-state index in [1.54, 1.807) is 0 Å². The van der Waals surface area contributed by atoms with Crippen LogP contribution in [0.3, 0.4) is 0 Å². The van der Waals surface area contributed by atoms with Crippen LogP contribution in [0.1, 0.15) is 24.3 Å². The summed E-state index contributed by atoms with van der Waals surface area (Å²) >= 11 is 0. The van der Waals surface area contributed by atoms with E-state index in [1.807, 2.05) is 51.1 Å². The summed E-state index contributed by atoms with van der Waals surface area (Å²) in [4.78, 5) is 8.79. The quantitative estimate of drug-likeness (QED) is 0.297. The van der Waals surface area contributed by atoms with E-state index in [9.17, 15) is 0 Å². The van der Waals surface area contributed by atoms with Crippen LogP contribution in [0.2, 0.25) is 0 Å². The smallest absolute Gasteiger partial charge is 0.216 e. The van der Waals surface area contributed by atoms with Crippen LogP contribution < -0.4 is 15.4 Å². The number of hydrogen-bond acceptors (Lipinski definition) is 4. The molecule has 2 N–H and O–H groups in total. The van der Waals surface area contributed by atoms with Gasteiger partial charge in [-0.1, -0.05) is 18.2 Å². The Morgan fingerprint density at radius 2 is 1.96 bits per heavy atom. The van der Waals surface area contributed by atoms with Crippen LogP contribution >= 0.6 is 24.0 Å². The van der Waals surface area contributed by atoms with Crippen molar-refractivity contribution in [1.82, 2.24) is 15.6 Å². The fourth-order valence-electron chi connectivity index (χ4n) is 1.95. The maximum Gasteiger partial charge on any atom is 0.216 e. The molecule has 132 valence electrons. The first kappa shape index (κ1) is 20.3. The first-order valence-corrected chi connectivity index (χ1v) is 7.82. The Morgan fingerprint density at radius 1 is 1.21 bits per heavy atom. The molecule has 0 atom stereocenters. The van der Waals surface area contributed by atoms with Crippen molar-refractivity contribution in [2.45, 2.75) is 27.3 Å². The average molecular weight is 444 g/mol. The molecule has 0 amide bonds. The van der Waals surface area contributed by atoms with Gasteiger partial charge in [-0.15, -0.1) is 24.0 Å². The molecule has 2 rings (SSSR count). The minimum Gasteiger partial charge on any atom is -0.492 e. The predicted molar refractivity (Wildman–Crippen MR) is 106 cm³/mol. The molecule has 24 heavy (non-hydrogen) atoms. The molecule has 1 aromatic carbocycles. The zero-order valence-corrected chi connectivity index (χ0v) is 16.7. The van der Waals surface area contributed by atoms with E-state index in [0.717, 1.165) is 29.7 Å². The lowest BCUT2D eigenvalue weighted by Crippen LogP contribution is -2.39. The molecule has 1 aromatic heterocycles. The molecule has 2 aromatic rings. The SMILES string of the molecule is CCNC(=NCc1nc(C)c(C)o1)NCCOc1ccccc1.I. The lowest BCUT2D eigenvalue weighted by atomic mass is 10.3. The van der Waals surface area contributed by atoms with Gasteiger partial charge in [0.25, 0.3) is 0 Å². The van der Waals surface area contributed by atoms with Crippen molar-refractivity contribution in [3.8, 4) is 5.75 Å². The van der Waals surface area contributed by atoms with Crippen LogP contribution in [0, 0.1) is 13.8 Å². The number of aromatic nitrogens is 1. The van der Waals surface area contributed by atoms with Gasteiger partial charge in [-0.25, -0.2) is 9.98 Å². The largest absolute Gasteiger partial charge is 0.492 e. The highest BCUT2D eigenvalue weighted by molar-refractivity contribution is 14.0. The minimum atomic E-state index is 0. The van der Waals surface area contributed by atoms with Gasteiger partial charge in [-0.3, -0.25) is 0 Å². The van der Waals surface area contributed by atoms with Gasteiger partial charge in [-0.05, 0) is 32.9 Å². The predicted octanol–water partition coefficient (Wildman–Crippen LogP) is 3.04. The molecule has 0 unspecified atom stereocenters. The summed E-state index contributed by atoms with van der Waals surface area (Å²) in [5.41, 5.74) is 0.907. The van der Waals surface area contributed by atoms with E-state index < -0.39 is 0 Å². The van der Waals surface area contributed by atoms with Crippen molar-refractivity contribution in [2.75, 3.05) is 19.7 Å². The lowest BCUT2D eigenvalue weighted by molar-refractivity contribution is 0.322. The fourth-order valence-corrected chi connectivity index (χ4v) is 1.95. The van der Waals surface area contributed by atoms with Crippen molar-refractivity contribution in [3.63, 3.8) is 0 Å². The monoisotopic (exact) mass is 444 g/mol. The van der Waals surface area contributed by atoms with Gasteiger partial charge in [0.2, 0.25) is 5.89 Å². The van der Waals surface area contributed by atoms with Gasteiger partial charge in [0, 0.05) is 6.54 Å². The first-order valence-electron chi connectivity index (χ1n) is 7.82. The Balaban J connectivity index is 0.00000288. The summed E-state index contributed by atoms with van der Waals surface area (Å²) < 4.78 is 11.2. The Kier molecular flexibility index (Phi) is 9.21. The molecule has 1 heterocycles. The van der Waals surface area contributed by atoms with Crippen molar-refractivity contribution >= 4 is 29.9 Å². The number of benzene rings is 1. The van der Waals surface area contributed by atoms with Crippen molar-refractivity contribution in [1.29, 1.82) is 0 Å². The molecule has 0 aliphatic carbocycles. The maximum atomic E-state index is 5.64. The summed E-state index contributed by atoms with van der Waals surface area (Å²) in [5.74, 6) is 3.04. The van der Waals surface area contributed by atoms with Crippen molar-refractivity contribution in [2.24, 2.45) is 4.99 Å². The second-order valence-electron chi connectivity index (χ2n) is 5.03. The minimum absolute atomic E-state index is 0. The number of ether oxygens (including phenoxy) is 1. The fraction of sp³-hybridized carbons (Fsp3) is 0.412. The number of hydrogen-bond donors (Lipinski definition) is 2. The lowest BCUT2D eigenvalue weighted by Gasteiger charge is -2.11. The molecule has 0 saturated heterocycles. The standard InChI is InChI=1S/C17H24N4O2.HI/c1-4-18-17(20-12-16-21-13(2)14(3)23-16)19-10-11-22-15-8-6-5-7-9-15;/h5-9H,4,10-12H2,1-3H3,(H2,18,19,20);1H. The van der Waals surface area contributed by atoms with Crippen LogP contribution in [0.4, 0.5) is 0 Å². The number of aliphatic imine (C=N–C) groups is 1. The van der Waals surface area contributed by atoms with E-state index in [-0.39, 0.29) is 24.0 Å². The first-order chi connectivity index (χ1) is 11.2. The number of para-hydroxylation sites is 1. The zero-order chi connectivity index (χ0) is 16.5. The van der Waals surface area contributed by atoms with Crippen molar-refractivity contribution < 1.29 is 9.15 Å². The molecule has 0 aliphatic heterocycles. The van der Waals surface area contributed by atoms with Gasteiger partial charge in [0.1, 0.15) is 24.7 Å². The molecule has 6 nitrogen and oxygen atoms in total. The summed E-state index contributed by atoms with van der Waals surface area (Å²) in [6.45, 7) is 8.27. The molecule has 0 bridgehead atoms. The van der Waals surface area contributed by atoms with Gasteiger partial charge in [-0.2, -0.15) is 0 Å². The molecule has 0 aliphatic rings. The van der Waals surface area contributed by atoms with E-state index in [2.05, 4.69) is 20.6 Å². The number of aryl methyl sites for hydroxylation is 2. The van der Waals surface area contributed by atoms with Gasteiger partial charge >= 0.3 is 0 Å². The normalized spacial score (nSPS) is 10.9. The Labute approximate surface area is 160 Å². The third kappa shape index (κ3) is 6.77. The second kappa shape index (κ2) is 10.9. The number of nitrogens with zero attached hydrogens (tertiary/aromatic N) is 2. The number of halogens is 1. The van der Waals surface area contributed by atoms with E-state index >= 15 is 0 Å².